The van der Waals surface area contributed by atoms with Crippen molar-refractivity contribution < 1.29 is 0 Å². The fraction of sp³-hybridized carbons (Fsp3) is 0.615. The van der Waals surface area contributed by atoms with Gasteiger partial charge in [0.25, 0.3) is 0 Å². The average Bonchev–Trinajstić information content (AvgIpc) is 2.64. The summed E-state index contributed by atoms with van der Waals surface area (Å²) in [7, 11) is 0. The molecule has 1 aromatic rings. The normalized spacial score (nSPS) is 29.6. The van der Waals surface area contributed by atoms with E-state index in [4.69, 9.17) is 5.73 Å². The summed E-state index contributed by atoms with van der Waals surface area (Å²) < 4.78 is 1.03. The molecule has 3 heteroatoms. The molecular weight excluding hydrogens is 264 g/mol. The van der Waals surface area contributed by atoms with E-state index in [1.165, 1.54) is 12.8 Å². The molecule has 1 aromatic heterocycles. The molecule has 2 atom stereocenters. The van der Waals surface area contributed by atoms with E-state index in [9.17, 15) is 0 Å². The highest BCUT2D eigenvalue weighted by Crippen LogP contribution is 2.36. The van der Waals surface area contributed by atoms with Crippen LogP contribution in [0.5, 0.6) is 0 Å². The summed E-state index contributed by atoms with van der Waals surface area (Å²) in [6.07, 6.45) is 7.60. The largest absolute Gasteiger partial charge is 0.325 e. The fourth-order valence-electron chi connectivity index (χ4n) is 2.65. The molecule has 2 N–H and O–H groups in total. The van der Waals surface area contributed by atoms with Crippen LogP contribution in [0.4, 0.5) is 0 Å². The van der Waals surface area contributed by atoms with Gasteiger partial charge in [-0.15, -0.1) is 0 Å². The Hall–Kier alpha value is -0.410. The molecule has 16 heavy (non-hydrogen) atoms. The molecule has 0 bridgehead atoms. The molecule has 0 saturated heterocycles. The predicted molar refractivity (Wildman–Crippen MR) is 70.2 cm³/mol. The van der Waals surface area contributed by atoms with Gasteiger partial charge in [0, 0.05) is 28.3 Å². The summed E-state index contributed by atoms with van der Waals surface area (Å²) in [5.74, 6) is 0.820. The van der Waals surface area contributed by atoms with Crippen LogP contribution in [0.25, 0.3) is 0 Å². The Kier molecular flexibility index (Phi) is 3.65. The van der Waals surface area contributed by atoms with E-state index >= 15 is 0 Å². The SMILES string of the molecule is CCC1CCC(N)(Cc2ccc(Br)cn2)C1. The third-order valence-electron chi connectivity index (χ3n) is 3.64. The third kappa shape index (κ3) is 2.83. The molecule has 0 radical (unpaired) electrons. The average molecular weight is 283 g/mol. The van der Waals surface area contributed by atoms with E-state index < -0.39 is 0 Å². The maximum Gasteiger partial charge on any atom is 0.0422 e. The van der Waals surface area contributed by atoms with Crippen molar-refractivity contribution in [3.63, 3.8) is 0 Å². The van der Waals surface area contributed by atoms with Crippen LogP contribution in [0.3, 0.4) is 0 Å². The molecule has 2 unspecified atom stereocenters. The molecule has 1 aliphatic carbocycles. The minimum Gasteiger partial charge on any atom is -0.325 e. The number of pyridine rings is 1. The van der Waals surface area contributed by atoms with E-state index in [0.29, 0.717) is 0 Å². The smallest absolute Gasteiger partial charge is 0.0422 e. The number of rotatable bonds is 3. The van der Waals surface area contributed by atoms with Gasteiger partial charge in [-0.3, -0.25) is 4.98 Å². The maximum atomic E-state index is 6.44. The molecule has 1 saturated carbocycles. The minimum atomic E-state index is -0.0124. The minimum absolute atomic E-state index is 0.0124. The van der Waals surface area contributed by atoms with Gasteiger partial charge in [-0.1, -0.05) is 13.3 Å². The highest BCUT2D eigenvalue weighted by atomic mass is 79.9. The van der Waals surface area contributed by atoms with Gasteiger partial charge in [-0.05, 0) is 53.2 Å². The van der Waals surface area contributed by atoms with Crippen molar-refractivity contribution in [1.82, 2.24) is 4.98 Å². The van der Waals surface area contributed by atoms with Crippen LogP contribution >= 0.6 is 15.9 Å². The number of halogens is 1. The van der Waals surface area contributed by atoms with Gasteiger partial charge in [0.15, 0.2) is 0 Å². The van der Waals surface area contributed by atoms with E-state index in [1.807, 2.05) is 12.3 Å². The van der Waals surface area contributed by atoms with Crippen LogP contribution < -0.4 is 5.73 Å². The fourth-order valence-corrected chi connectivity index (χ4v) is 2.89. The van der Waals surface area contributed by atoms with Gasteiger partial charge in [-0.2, -0.15) is 0 Å². The first-order valence-electron chi connectivity index (χ1n) is 6.00. The monoisotopic (exact) mass is 282 g/mol. The van der Waals surface area contributed by atoms with E-state index in [1.54, 1.807) is 0 Å². The van der Waals surface area contributed by atoms with Crippen molar-refractivity contribution in [2.24, 2.45) is 11.7 Å². The molecule has 88 valence electrons. The maximum absolute atomic E-state index is 6.44. The molecule has 1 heterocycles. The van der Waals surface area contributed by atoms with E-state index in [-0.39, 0.29) is 5.54 Å². The second-order valence-corrected chi connectivity index (χ2v) is 5.94. The zero-order valence-corrected chi connectivity index (χ0v) is 11.3. The summed E-state index contributed by atoms with van der Waals surface area (Å²) in [6, 6.07) is 4.11. The number of nitrogens with two attached hydrogens (primary N) is 1. The van der Waals surface area contributed by atoms with Crippen molar-refractivity contribution in [3.05, 3.63) is 28.5 Å². The number of nitrogens with zero attached hydrogens (tertiary/aromatic N) is 1. The lowest BCUT2D eigenvalue weighted by molar-refractivity contribution is 0.403. The van der Waals surface area contributed by atoms with Gasteiger partial charge in [-0.25, -0.2) is 0 Å². The highest BCUT2D eigenvalue weighted by Gasteiger charge is 2.35. The predicted octanol–water partition coefficient (Wildman–Crippen LogP) is 3.29. The Morgan fingerprint density at radius 2 is 2.38 bits per heavy atom. The molecule has 0 aromatic carbocycles. The summed E-state index contributed by atoms with van der Waals surface area (Å²) in [4.78, 5) is 4.41. The van der Waals surface area contributed by atoms with Gasteiger partial charge in [0.2, 0.25) is 0 Å². The summed E-state index contributed by atoms with van der Waals surface area (Å²) in [5, 5.41) is 0. The van der Waals surface area contributed by atoms with Crippen LogP contribution in [0.1, 0.15) is 38.3 Å². The molecule has 1 fully saturated rings. The standard InChI is InChI=1S/C13H19BrN2/c1-2-10-5-6-13(15,7-10)8-12-4-3-11(14)9-16-12/h3-4,9-10H,2,5-8,15H2,1H3. The zero-order chi connectivity index (χ0) is 11.6. The second kappa shape index (κ2) is 4.84. The van der Waals surface area contributed by atoms with Gasteiger partial charge >= 0.3 is 0 Å². The van der Waals surface area contributed by atoms with Crippen LogP contribution in [-0.2, 0) is 6.42 Å². The molecule has 0 spiro atoms. The second-order valence-electron chi connectivity index (χ2n) is 5.02. The van der Waals surface area contributed by atoms with E-state index in [2.05, 4.69) is 33.9 Å². The summed E-state index contributed by atoms with van der Waals surface area (Å²) >= 11 is 3.40. The lowest BCUT2D eigenvalue weighted by Gasteiger charge is -2.23. The van der Waals surface area contributed by atoms with Crippen molar-refractivity contribution in [1.29, 1.82) is 0 Å². The first kappa shape index (κ1) is 12.1. The number of aromatic nitrogens is 1. The van der Waals surface area contributed by atoms with Gasteiger partial charge < -0.3 is 5.73 Å². The Labute approximate surface area is 106 Å². The van der Waals surface area contributed by atoms with Crippen LogP contribution in [-0.4, -0.2) is 10.5 Å². The lowest BCUT2D eigenvalue weighted by atomic mass is 9.91. The number of hydrogen-bond acceptors (Lipinski definition) is 2. The topological polar surface area (TPSA) is 38.9 Å². The Balaban J connectivity index is 2.01. The van der Waals surface area contributed by atoms with Crippen LogP contribution in [0.2, 0.25) is 0 Å². The molecule has 0 amide bonds. The summed E-state index contributed by atoms with van der Waals surface area (Å²) in [5.41, 5.74) is 7.54. The Morgan fingerprint density at radius 1 is 1.56 bits per heavy atom. The molecule has 1 aliphatic rings. The third-order valence-corrected chi connectivity index (χ3v) is 4.11. The van der Waals surface area contributed by atoms with E-state index in [0.717, 1.165) is 35.3 Å². The van der Waals surface area contributed by atoms with Gasteiger partial charge in [0.1, 0.15) is 0 Å². The molecular formula is C13H19BrN2. The molecule has 2 rings (SSSR count). The lowest BCUT2D eigenvalue weighted by Crippen LogP contribution is -2.39. The first-order chi connectivity index (χ1) is 7.61. The quantitative estimate of drug-likeness (QED) is 0.924. The Bertz CT molecular complexity index is 349. The van der Waals surface area contributed by atoms with Crippen LogP contribution in [0.15, 0.2) is 22.8 Å². The van der Waals surface area contributed by atoms with Crippen LogP contribution in [0, 0.1) is 5.92 Å². The summed E-state index contributed by atoms with van der Waals surface area (Å²) in [6.45, 7) is 2.26. The van der Waals surface area contributed by atoms with Gasteiger partial charge in [0.05, 0.1) is 0 Å². The van der Waals surface area contributed by atoms with Crippen molar-refractivity contribution >= 4 is 15.9 Å². The number of hydrogen-bond donors (Lipinski definition) is 1. The van der Waals surface area contributed by atoms with Crippen molar-refractivity contribution in [3.8, 4) is 0 Å². The zero-order valence-electron chi connectivity index (χ0n) is 9.75. The molecule has 0 aliphatic heterocycles. The van der Waals surface area contributed by atoms with Crippen molar-refractivity contribution in [2.45, 2.75) is 44.6 Å². The highest BCUT2D eigenvalue weighted by molar-refractivity contribution is 9.10. The first-order valence-corrected chi connectivity index (χ1v) is 6.80. The molecule has 2 nitrogen and oxygen atoms in total. The van der Waals surface area contributed by atoms with Crippen molar-refractivity contribution in [2.75, 3.05) is 0 Å². The Morgan fingerprint density at radius 3 is 2.94 bits per heavy atom.